The molecule has 1 saturated heterocycles. The summed E-state index contributed by atoms with van der Waals surface area (Å²) in [5, 5.41) is 2.42. The highest BCUT2D eigenvalue weighted by molar-refractivity contribution is 9.10. The number of nitrogens with zero attached hydrogens (tertiary/aromatic N) is 1. The summed E-state index contributed by atoms with van der Waals surface area (Å²) in [4.78, 5) is 36.2. The van der Waals surface area contributed by atoms with Crippen molar-refractivity contribution in [2.75, 3.05) is 27.9 Å². The number of methoxy groups -OCH3 is 3. The van der Waals surface area contributed by atoms with Crippen molar-refractivity contribution in [2.24, 2.45) is 0 Å². The summed E-state index contributed by atoms with van der Waals surface area (Å²) < 4.78 is 15.6. The lowest BCUT2D eigenvalue weighted by molar-refractivity contribution is -0.143. The molecule has 1 fully saturated rings. The minimum Gasteiger partial charge on any atom is -0.496 e. The fourth-order valence-electron chi connectivity index (χ4n) is 2.06. The number of urea groups is 1. The fourth-order valence-corrected chi connectivity index (χ4v) is 2.58. The number of carbonyl (C=O) groups excluding carboxylic acids is 3. The molecule has 0 radical (unpaired) electrons. The van der Waals surface area contributed by atoms with Gasteiger partial charge in [0.1, 0.15) is 23.7 Å². The molecule has 1 heterocycles. The normalized spacial score (nSPS) is 15.5. The highest BCUT2D eigenvalue weighted by Gasteiger charge is 2.35. The van der Waals surface area contributed by atoms with E-state index in [1.54, 1.807) is 12.1 Å². The van der Waals surface area contributed by atoms with Gasteiger partial charge in [0, 0.05) is 11.6 Å². The van der Waals surface area contributed by atoms with E-state index in [4.69, 9.17) is 9.47 Å². The molecule has 1 aliphatic heterocycles. The third-order valence-corrected chi connectivity index (χ3v) is 3.90. The van der Waals surface area contributed by atoms with Gasteiger partial charge in [0.05, 0.1) is 25.8 Å². The summed E-state index contributed by atoms with van der Waals surface area (Å²) >= 11 is 3.35. The van der Waals surface area contributed by atoms with Crippen molar-refractivity contribution in [1.29, 1.82) is 0 Å². The van der Waals surface area contributed by atoms with E-state index in [1.807, 2.05) is 0 Å². The molecule has 0 spiro atoms. The average molecular weight is 399 g/mol. The number of halogens is 1. The standard InChI is InChI=1S/C15H15BrN2O6/c1-22-11-6-12(23-2)9(16)4-8(11)5-10-14(20)18(15(21)17-10)7-13(19)24-3/h4-6H,7H2,1-3H3,(H,17,21)/b10-5+. The summed E-state index contributed by atoms with van der Waals surface area (Å²) in [7, 11) is 4.17. The highest BCUT2D eigenvalue weighted by atomic mass is 79.9. The van der Waals surface area contributed by atoms with Gasteiger partial charge < -0.3 is 19.5 Å². The van der Waals surface area contributed by atoms with Crippen LogP contribution in [0.3, 0.4) is 0 Å². The molecule has 3 amide bonds. The third kappa shape index (κ3) is 3.51. The van der Waals surface area contributed by atoms with Gasteiger partial charge in [0.25, 0.3) is 5.91 Å². The fraction of sp³-hybridized carbons (Fsp3) is 0.267. The van der Waals surface area contributed by atoms with E-state index in [-0.39, 0.29) is 5.70 Å². The van der Waals surface area contributed by atoms with E-state index in [9.17, 15) is 14.4 Å². The highest BCUT2D eigenvalue weighted by Crippen LogP contribution is 2.34. The maximum Gasteiger partial charge on any atom is 0.329 e. The second kappa shape index (κ2) is 7.35. The zero-order chi connectivity index (χ0) is 17.9. The summed E-state index contributed by atoms with van der Waals surface area (Å²) in [5.74, 6) is -0.303. The van der Waals surface area contributed by atoms with Gasteiger partial charge >= 0.3 is 12.0 Å². The first kappa shape index (κ1) is 17.8. The Hall–Kier alpha value is -2.55. The molecule has 0 atom stereocenters. The van der Waals surface area contributed by atoms with E-state index in [2.05, 4.69) is 26.0 Å². The Labute approximate surface area is 146 Å². The van der Waals surface area contributed by atoms with Gasteiger partial charge in [-0.2, -0.15) is 0 Å². The second-order valence-electron chi connectivity index (χ2n) is 4.68. The predicted octanol–water partition coefficient (Wildman–Crippen LogP) is 1.53. The van der Waals surface area contributed by atoms with E-state index >= 15 is 0 Å². The van der Waals surface area contributed by atoms with Crippen molar-refractivity contribution in [3.8, 4) is 11.5 Å². The first-order valence-corrected chi connectivity index (χ1v) is 7.53. The van der Waals surface area contributed by atoms with Crippen LogP contribution in [0.15, 0.2) is 22.3 Å². The quantitative estimate of drug-likeness (QED) is 0.459. The molecule has 0 unspecified atom stereocenters. The molecule has 128 valence electrons. The molecular formula is C15H15BrN2O6. The lowest BCUT2D eigenvalue weighted by Crippen LogP contribution is -2.36. The van der Waals surface area contributed by atoms with Gasteiger partial charge in [0.2, 0.25) is 0 Å². The van der Waals surface area contributed by atoms with Crippen LogP contribution in [0.4, 0.5) is 4.79 Å². The Morgan fingerprint density at radius 3 is 2.46 bits per heavy atom. The van der Waals surface area contributed by atoms with Gasteiger partial charge in [0.15, 0.2) is 0 Å². The first-order chi connectivity index (χ1) is 11.4. The molecule has 24 heavy (non-hydrogen) atoms. The van der Waals surface area contributed by atoms with Crippen molar-refractivity contribution in [2.45, 2.75) is 0 Å². The maximum atomic E-state index is 12.3. The van der Waals surface area contributed by atoms with Gasteiger partial charge in [-0.05, 0) is 28.1 Å². The largest absolute Gasteiger partial charge is 0.496 e. The van der Waals surface area contributed by atoms with Gasteiger partial charge in [-0.15, -0.1) is 0 Å². The topological polar surface area (TPSA) is 94.2 Å². The molecule has 0 saturated carbocycles. The molecule has 1 aromatic carbocycles. The Bertz CT molecular complexity index is 731. The minimum absolute atomic E-state index is 0.0271. The molecule has 1 aliphatic rings. The van der Waals surface area contributed by atoms with E-state index in [0.717, 1.165) is 4.90 Å². The second-order valence-corrected chi connectivity index (χ2v) is 5.54. The number of esters is 1. The van der Waals surface area contributed by atoms with E-state index in [1.165, 1.54) is 27.4 Å². The number of rotatable bonds is 5. The third-order valence-electron chi connectivity index (χ3n) is 3.28. The number of amides is 3. The average Bonchev–Trinajstić information content (AvgIpc) is 2.82. The van der Waals surface area contributed by atoms with Crippen LogP contribution in [-0.2, 0) is 14.3 Å². The minimum atomic E-state index is -0.691. The van der Waals surface area contributed by atoms with Crippen molar-refractivity contribution in [3.05, 3.63) is 27.9 Å². The van der Waals surface area contributed by atoms with E-state index < -0.39 is 24.5 Å². The molecule has 2 rings (SSSR count). The number of nitrogens with one attached hydrogen (secondary N) is 1. The molecule has 9 heteroatoms. The van der Waals surface area contributed by atoms with Crippen LogP contribution < -0.4 is 14.8 Å². The summed E-state index contributed by atoms with van der Waals surface area (Å²) in [5.41, 5.74) is 0.577. The van der Waals surface area contributed by atoms with Crippen molar-refractivity contribution in [1.82, 2.24) is 10.2 Å². The molecule has 0 aliphatic carbocycles. The number of imide groups is 1. The first-order valence-electron chi connectivity index (χ1n) is 6.74. The van der Waals surface area contributed by atoms with Crippen LogP contribution >= 0.6 is 15.9 Å². The Morgan fingerprint density at radius 1 is 1.21 bits per heavy atom. The summed E-state index contributed by atoms with van der Waals surface area (Å²) in [6, 6.07) is 2.64. The van der Waals surface area contributed by atoms with Crippen molar-refractivity contribution >= 4 is 39.9 Å². The Kier molecular flexibility index (Phi) is 5.45. The van der Waals surface area contributed by atoms with Crippen LogP contribution in [-0.4, -0.2) is 50.7 Å². The summed E-state index contributed by atoms with van der Waals surface area (Å²) in [6.07, 6.45) is 1.46. The Balaban J connectivity index is 2.35. The SMILES string of the molecule is COC(=O)CN1C(=O)N/C(=C/c2cc(Br)c(OC)cc2OC)C1=O. The lowest BCUT2D eigenvalue weighted by atomic mass is 10.1. The summed E-state index contributed by atoms with van der Waals surface area (Å²) in [6.45, 7) is -0.456. The predicted molar refractivity (Wildman–Crippen MR) is 87.5 cm³/mol. The van der Waals surface area contributed by atoms with Crippen LogP contribution in [0.25, 0.3) is 6.08 Å². The van der Waals surface area contributed by atoms with Crippen LogP contribution in [0.1, 0.15) is 5.56 Å². The molecule has 8 nitrogen and oxygen atoms in total. The van der Waals surface area contributed by atoms with Crippen LogP contribution in [0, 0.1) is 0 Å². The van der Waals surface area contributed by atoms with Crippen molar-refractivity contribution < 1.29 is 28.6 Å². The van der Waals surface area contributed by atoms with Gasteiger partial charge in [-0.3, -0.25) is 9.59 Å². The van der Waals surface area contributed by atoms with Gasteiger partial charge in [-0.1, -0.05) is 0 Å². The molecule has 1 aromatic rings. The number of benzene rings is 1. The van der Waals surface area contributed by atoms with Crippen LogP contribution in [0.2, 0.25) is 0 Å². The number of ether oxygens (including phenoxy) is 3. The maximum absolute atomic E-state index is 12.3. The number of hydrogen-bond donors (Lipinski definition) is 1. The molecule has 0 aromatic heterocycles. The smallest absolute Gasteiger partial charge is 0.329 e. The lowest BCUT2D eigenvalue weighted by Gasteiger charge is -2.10. The zero-order valence-electron chi connectivity index (χ0n) is 13.2. The number of carbonyl (C=O) groups is 3. The van der Waals surface area contributed by atoms with Crippen LogP contribution in [0.5, 0.6) is 11.5 Å². The Morgan fingerprint density at radius 2 is 1.88 bits per heavy atom. The van der Waals surface area contributed by atoms with Gasteiger partial charge in [-0.25, -0.2) is 9.69 Å². The van der Waals surface area contributed by atoms with Crippen molar-refractivity contribution in [3.63, 3.8) is 0 Å². The van der Waals surface area contributed by atoms with E-state index in [0.29, 0.717) is 21.5 Å². The molecular weight excluding hydrogens is 384 g/mol. The monoisotopic (exact) mass is 398 g/mol. The molecule has 1 N–H and O–H groups in total. The number of hydrogen-bond acceptors (Lipinski definition) is 6. The molecule has 0 bridgehead atoms. The zero-order valence-corrected chi connectivity index (χ0v) is 14.8.